The summed E-state index contributed by atoms with van der Waals surface area (Å²) in [6, 6.07) is 11.9. The maximum atomic E-state index is 12.4. The number of amides is 1. The molecule has 1 saturated heterocycles. The number of carbonyl (C=O) groups is 1. The van der Waals surface area contributed by atoms with Gasteiger partial charge in [-0.05, 0) is 55.7 Å². The van der Waals surface area contributed by atoms with Crippen molar-refractivity contribution in [3.63, 3.8) is 0 Å². The minimum Gasteiger partial charge on any atom is -0.378 e. The van der Waals surface area contributed by atoms with E-state index in [0.29, 0.717) is 24.7 Å². The number of aryl methyl sites for hydroxylation is 1. The van der Waals surface area contributed by atoms with Gasteiger partial charge in [0.2, 0.25) is 17.6 Å². The van der Waals surface area contributed by atoms with E-state index < -0.39 is 0 Å². The van der Waals surface area contributed by atoms with E-state index in [1.807, 2.05) is 53.7 Å². The number of nitrogens with one attached hydrogen (secondary N) is 1. The smallest absolute Gasteiger partial charge is 0.238 e. The van der Waals surface area contributed by atoms with Crippen LogP contribution in [0.1, 0.15) is 12.3 Å². The quantitative estimate of drug-likeness (QED) is 0.546. The highest BCUT2D eigenvalue weighted by Crippen LogP contribution is 2.21. The molecule has 3 aromatic rings. The molecular formula is C22H27N5O3S. The van der Waals surface area contributed by atoms with E-state index in [1.165, 1.54) is 0 Å². The van der Waals surface area contributed by atoms with Crippen LogP contribution in [0.5, 0.6) is 0 Å². The zero-order valence-corrected chi connectivity index (χ0v) is 18.4. The second kappa shape index (κ2) is 10.5. The monoisotopic (exact) mass is 441 g/mol. The molecule has 0 saturated carbocycles. The lowest BCUT2D eigenvalue weighted by atomic mass is 10.2. The van der Waals surface area contributed by atoms with Crippen molar-refractivity contribution in [3.8, 4) is 10.7 Å². The fraction of sp³-hybridized carbons (Fsp3) is 0.409. The number of thiophene rings is 1. The average Bonchev–Trinajstić information content (AvgIpc) is 3.47. The molecule has 0 aliphatic carbocycles. The van der Waals surface area contributed by atoms with E-state index in [0.717, 1.165) is 55.5 Å². The summed E-state index contributed by atoms with van der Waals surface area (Å²) < 4.78 is 10.7. The molecule has 1 aliphatic rings. The molecule has 0 spiro atoms. The molecule has 9 heteroatoms. The molecule has 1 aliphatic heterocycles. The SMILES string of the molecule is CN(CCCc1nc(-c2cccs2)no1)CC(=O)Nc1ccc(N2CCOCC2)cc1. The largest absolute Gasteiger partial charge is 0.378 e. The molecule has 1 fully saturated rings. The van der Waals surface area contributed by atoms with E-state index in [-0.39, 0.29) is 5.91 Å². The second-order valence-corrected chi connectivity index (χ2v) is 8.47. The summed E-state index contributed by atoms with van der Waals surface area (Å²) in [6.45, 7) is 4.40. The number of nitrogens with zero attached hydrogens (tertiary/aromatic N) is 4. The number of aromatic nitrogens is 2. The molecule has 31 heavy (non-hydrogen) atoms. The number of ether oxygens (including phenoxy) is 1. The average molecular weight is 442 g/mol. The van der Waals surface area contributed by atoms with Gasteiger partial charge in [0, 0.05) is 30.9 Å². The summed E-state index contributed by atoms with van der Waals surface area (Å²) in [6.07, 6.45) is 1.53. The van der Waals surface area contributed by atoms with Crippen molar-refractivity contribution in [1.82, 2.24) is 15.0 Å². The van der Waals surface area contributed by atoms with E-state index in [4.69, 9.17) is 9.26 Å². The Morgan fingerprint density at radius 1 is 1.23 bits per heavy atom. The molecule has 0 radical (unpaired) electrons. The lowest BCUT2D eigenvalue weighted by Crippen LogP contribution is -2.36. The van der Waals surface area contributed by atoms with Gasteiger partial charge in [0.25, 0.3) is 0 Å². The van der Waals surface area contributed by atoms with Crippen LogP contribution in [-0.2, 0) is 16.0 Å². The first-order valence-corrected chi connectivity index (χ1v) is 11.3. The number of likely N-dealkylation sites (N-methyl/N-ethyl adjacent to an activating group) is 1. The molecular weight excluding hydrogens is 414 g/mol. The van der Waals surface area contributed by atoms with Crippen molar-refractivity contribution in [1.29, 1.82) is 0 Å². The Labute approximate surface area is 185 Å². The second-order valence-electron chi connectivity index (χ2n) is 7.52. The molecule has 8 nitrogen and oxygen atoms in total. The maximum absolute atomic E-state index is 12.4. The Hall–Kier alpha value is -2.75. The van der Waals surface area contributed by atoms with E-state index in [2.05, 4.69) is 20.4 Å². The van der Waals surface area contributed by atoms with E-state index in [1.54, 1.807) is 11.3 Å². The van der Waals surface area contributed by atoms with Crippen LogP contribution in [0.25, 0.3) is 10.7 Å². The standard InChI is InChI=1S/C22H27N5O3S/c1-26(10-2-5-21-24-22(25-30-21)19-4-3-15-31-19)16-20(28)23-17-6-8-18(9-7-17)27-11-13-29-14-12-27/h3-4,6-9,15H,2,5,10-14,16H2,1H3,(H,23,28). The van der Waals surface area contributed by atoms with Gasteiger partial charge in [0.1, 0.15) is 0 Å². The van der Waals surface area contributed by atoms with Crippen molar-refractivity contribution in [2.75, 3.05) is 56.7 Å². The third kappa shape index (κ3) is 6.13. The van der Waals surface area contributed by atoms with Gasteiger partial charge in [-0.3, -0.25) is 9.69 Å². The molecule has 1 amide bonds. The zero-order chi connectivity index (χ0) is 21.5. The van der Waals surface area contributed by atoms with Gasteiger partial charge in [-0.15, -0.1) is 11.3 Å². The Morgan fingerprint density at radius 3 is 2.77 bits per heavy atom. The predicted molar refractivity (Wildman–Crippen MR) is 122 cm³/mol. The van der Waals surface area contributed by atoms with E-state index >= 15 is 0 Å². The molecule has 0 atom stereocenters. The highest BCUT2D eigenvalue weighted by Gasteiger charge is 2.13. The minimum atomic E-state index is -0.0283. The summed E-state index contributed by atoms with van der Waals surface area (Å²) in [5.74, 6) is 1.23. The van der Waals surface area contributed by atoms with Crippen LogP contribution in [0.3, 0.4) is 0 Å². The third-order valence-electron chi connectivity index (χ3n) is 5.08. The van der Waals surface area contributed by atoms with Gasteiger partial charge in [0.15, 0.2) is 0 Å². The number of hydrogen-bond acceptors (Lipinski definition) is 8. The first-order chi connectivity index (χ1) is 15.2. The highest BCUT2D eigenvalue weighted by molar-refractivity contribution is 7.13. The zero-order valence-electron chi connectivity index (χ0n) is 17.6. The van der Waals surface area contributed by atoms with Crippen molar-refractivity contribution in [2.24, 2.45) is 0 Å². The van der Waals surface area contributed by atoms with Crippen LogP contribution < -0.4 is 10.2 Å². The van der Waals surface area contributed by atoms with Gasteiger partial charge < -0.3 is 19.5 Å². The van der Waals surface area contributed by atoms with Gasteiger partial charge in [0.05, 0.1) is 24.6 Å². The summed E-state index contributed by atoms with van der Waals surface area (Å²) in [7, 11) is 1.94. The number of anilines is 2. The van der Waals surface area contributed by atoms with Crippen LogP contribution >= 0.6 is 11.3 Å². The van der Waals surface area contributed by atoms with Gasteiger partial charge in [-0.1, -0.05) is 11.2 Å². The maximum Gasteiger partial charge on any atom is 0.238 e. The Kier molecular flexibility index (Phi) is 7.29. The molecule has 0 bridgehead atoms. The summed E-state index contributed by atoms with van der Waals surface area (Å²) >= 11 is 1.59. The summed E-state index contributed by atoms with van der Waals surface area (Å²) in [5, 5.41) is 8.98. The van der Waals surface area contributed by atoms with Crippen LogP contribution in [-0.4, -0.2) is 67.4 Å². The molecule has 1 aromatic carbocycles. The van der Waals surface area contributed by atoms with Crippen molar-refractivity contribution >= 4 is 28.6 Å². The molecule has 164 valence electrons. The number of benzene rings is 1. The van der Waals surface area contributed by atoms with Gasteiger partial charge >= 0.3 is 0 Å². The van der Waals surface area contributed by atoms with E-state index in [9.17, 15) is 4.79 Å². The fourth-order valence-corrected chi connectivity index (χ4v) is 4.11. The van der Waals surface area contributed by atoms with Crippen molar-refractivity contribution in [2.45, 2.75) is 12.8 Å². The molecule has 3 heterocycles. The minimum absolute atomic E-state index is 0.0283. The number of rotatable bonds is 9. The van der Waals surface area contributed by atoms with Gasteiger partial charge in [-0.2, -0.15) is 4.98 Å². The first-order valence-electron chi connectivity index (χ1n) is 10.4. The van der Waals surface area contributed by atoms with Crippen LogP contribution in [0, 0.1) is 0 Å². The lowest BCUT2D eigenvalue weighted by molar-refractivity contribution is -0.117. The third-order valence-corrected chi connectivity index (χ3v) is 5.95. The Balaban J connectivity index is 1.17. The van der Waals surface area contributed by atoms with Crippen LogP contribution in [0.2, 0.25) is 0 Å². The normalized spacial score (nSPS) is 14.2. The topological polar surface area (TPSA) is 83.7 Å². The molecule has 1 N–H and O–H groups in total. The molecule has 4 rings (SSSR count). The molecule has 0 unspecified atom stereocenters. The van der Waals surface area contributed by atoms with Crippen LogP contribution in [0.15, 0.2) is 46.3 Å². The van der Waals surface area contributed by atoms with Crippen molar-refractivity contribution < 1.29 is 14.1 Å². The number of morpholine rings is 1. The lowest BCUT2D eigenvalue weighted by Gasteiger charge is -2.28. The van der Waals surface area contributed by atoms with Gasteiger partial charge in [-0.25, -0.2) is 0 Å². The van der Waals surface area contributed by atoms with Crippen molar-refractivity contribution in [3.05, 3.63) is 47.7 Å². The predicted octanol–water partition coefficient (Wildman–Crippen LogP) is 3.14. The Morgan fingerprint density at radius 2 is 2.03 bits per heavy atom. The fourth-order valence-electron chi connectivity index (χ4n) is 3.46. The summed E-state index contributed by atoms with van der Waals surface area (Å²) in [4.78, 5) is 22.1. The number of hydrogen-bond donors (Lipinski definition) is 1. The highest BCUT2D eigenvalue weighted by atomic mass is 32.1. The van der Waals surface area contributed by atoms with Crippen LogP contribution in [0.4, 0.5) is 11.4 Å². The molecule has 2 aromatic heterocycles. The summed E-state index contributed by atoms with van der Waals surface area (Å²) in [5.41, 5.74) is 1.96. The Bertz CT molecular complexity index is 952. The number of carbonyl (C=O) groups excluding carboxylic acids is 1. The first kappa shape index (κ1) is 21.5.